The Morgan fingerprint density at radius 1 is 0.771 bits per heavy atom. The third-order valence-electron chi connectivity index (χ3n) is 8.21. The normalized spacial score (nSPS) is 15.4. The lowest BCUT2D eigenvalue weighted by Crippen LogP contribution is -2.47. The molecule has 0 radical (unpaired) electrons. The highest BCUT2D eigenvalue weighted by atomic mass is 19.4. The second kappa shape index (κ2) is 17.0. The Bertz CT molecular complexity index is 1580. The monoisotopic (exact) mass is 667 g/mol. The predicted octanol–water partition coefficient (Wildman–Crippen LogP) is 3.59. The van der Waals surface area contributed by atoms with E-state index in [1.165, 1.54) is 0 Å². The second-order valence-corrected chi connectivity index (χ2v) is 11.6. The minimum Gasteiger partial charge on any atom is -0.475 e. The minimum atomic E-state index is -5.08. The van der Waals surface area contributed by atoms with Crippen LogP contribution in [-0.4, -0.2) is 103 Å². The molecule has 3 aromatic rings. The van der Waals surface area contributed by atoms with Gasteiger partial charge < -0.3 is 31.3 Å². The van der Waals surface area contributed by atoms with E-state index >= 15 is 0 Å². The van der Waals surface area contributed by atoms with Crippen molar-refractivity contribution in [2.24, 2.45) is 5.73 Å². The van der Waals surface area contributed by atoms with Crippen LogP contribution in [0.4, 0.5) is 18.9 Å². The van der Waals surface area contributed by atoms with E-state index in [1.54, 1.807) is 30.3 Å². The summed E-state index contributed by atoms with van der Waals surface area (Å²) < 4.78 is 31.7. The van der Waals surface area contributed by atoms with E-state index in [1.807, 2.05) is 42.5 Å². The van der Waals surface area contributed by atoms with Gasteiger partial charge in [0.1, 0.15) is 0 Å². The Balaban J connectivity index is 0.000000671. The van der Waals surface area contributed by atoms with E-state index in [4.69, 9.17) is 15.6 Å². The molecule has 256 valence electrons. The first kappa shape index (κ1) is 36.2. The van der Waals surface area contributed by atoms with Crippen LogP contribution in [0.1, 0.15) is 50.2 Å². The van der Waals surface area contributed by atoms with Crippen molar-refractivity contribution < 1.29 is 37.5 Å². The number of ketones is 2. The zero-order valence-electron chi connectivity index (χ0n) is 26.5. The van der Waals surface area contributed by atoms with Crippen LogP contribution in [0, 0.1) is 0 Å². The van der Waals surface area contributed by atoms with Gasteiger partial charge >= 0.3 is 12.1 Å². The van der Waals surface area contributed by atoms with Gasteiger partial charge in [-0.2, -0.15) is 13.2 Å². The van der Waals surface area contributed by atoms with Crippen LogP contribution in [0.25, 0.3) is 0 Å². The molecular weight excluding hydrogens is 627 g/mol. The first-order chi connectivity index (χ1) is 23.0. The summed E-state index contributed by atoms with van der Waals surface area (Å²) in [6.07, 6.45) is -2.69. The molecule has 1 saturated heterocycles. The zero-order valence-corrected chi connectivity index (χ0v) is 26.5. The van der Waals surface area contributed by atoms with Gasteiger partial charge in [-0.3, -0.25) is 14.4 Å². The average Bonchev–Trinajstić information content (AvgIpc) is 3.08. The number of carbonyl (C=O) groups excluding carboxylic acids is 3. The fourth-order valence-electron chi connectivity index (χ4n) is 5.66. The summed E-state index contributed by atoms with van der Waals surface area (Å²) in [7, 11) is 0. The fourth-order valence-corrected chi connectivity index (χ4v) is 5.66. The molecule has 10 nitrogen and oxygen atoms in total. The molecule has 1 atom stereocenters. The number of aliphatic carboxylic acids is 1. The predicted molar refractivity (Wildman–Crippen MR) is 175 cm³/mol. The van der Waals surface area contributed by atoms with Crippen molar-refractivity contribution in [3.63, 3.8) is 0 Å². The van der Waals surface area contributed by atoms with E-state index in [9.17, 15) is 27.6 Å². The lowest BCUT2D eigenvalue weighted by Gasteiger charge is -2.34. The van der Waals surface area contributed by atoms with Crippen molar-refractivity contribution in [3.8, 4) is 0 Å². The number of fused-ring (bicyclic) bond motifs is 2. The van der Waals surface area contributed by atoms with E-state index < -0.39 is 18.2 Å². The van der Waals surface area contributed by atoms with Gasteiger partial charge in [0.05, 0.1) is 11.6 Å². The van der Waals surface area contributed by atoms with Gasteiger partial charge in [-0.1, -0.05) is 66.7 Å². The molecule has 1 fully saturated rings. The molecule has 0 saturated carbocycles. The SMILES string of the molecule is N[C@@H](Cc1ccccc1)C(=O)NCCCN1CCN(CCCNc2cccc3c2C(=O)c2ccccc2C3=O)CC1.O=C(O)C(F)(F)F. The highest BCUT2D eigenvalue weighted by Crippen LogP contribution is 2.31. The summed E-state index contributed by atoms with van der Waals surface area (Å²) in [5.41, 5.74) is 9.79. The number of carbonyl (C=O) groups is 4. The summed E-state index contributed by atoms with van der Waals surface area (Å²) in [5.74, 6) is -3.04. The highest BCUT2D eigenvalue weighted by Gasteiger charge is 2.38. The molecule has 13 heteroatoms. The molecule has 48 heavy (non-hydrogen) atoms. The largest absolute Gasteiger partial charge is 0.490 e. The third-order valence-corrected chi connectivity index (χ3v) is 8.21. The van der Waals surface area contributed by atoms with Gasteiger partial charge in [-0.05, 0) is 44.0 Å². The number of carboxylic acid groups (broad SMARTS) is 1. The van der Waals surface area contributed by atoms with Gasteiger partial charge in [0, 0.05) is 61.6 Å². The number of anilines is 1. The van der Waals surface area contributed by atoms with Crippen LogP contribution in [0.3, 0.4) is 0 Å². The minimum absolute atomic E-state index is 0.0919. The quantitative estimate of drug-likeness (QED) is 0.167. The first-order valence-corrected chi connectivity index (χ1v) is 15.8. The van der Waals surface area contributed by atoms with Crippen LogP contribution >= 0.6 is 0 Å². The number of nitrogens with zero attached hydrogens (tertiary/aromatic N) is 2. The number of rotatable bonds is 12. The highest BCUT2D eigenvalue weighted by molar-refractivity contribution is 6.30. The van der Waals surface area contributed by atoms with E-state index in [0.717, 1.165) is 69.9 Å². The Morgan fingerprint density at radius 3 is 1.88 bits per heavy atom. The number of nitrogens with two attached hydrogens (primary N) is 1. The van der Waals surface area contributed by atoms with Gasteiger partial charge in [-0.15, -0.1) is 0 Å². The summed E-state index contributed by atoms with van der Waals surface area (Å²) >= 11 is 0. The molecule has 1 amide bonds. The summed E-state index contributed by atoms with van der Waals surface area (Å²) in [6.45, 7) is 7.34. The molecule has 0 bridgehead atoms. The summed E-state index contributed by atoms with van der Waals surface area (Å²) in [4.78, 5) is 52.3. The molecule has 0 unspecified atom stereocenters. The van der Waals surface area contributed by atoms with Gasteiger partial charge in [0.2, 0.25) is 5.91 Å². The van der Waals surface area contributed by atoms with E-state index in [2.05, 4.69) is 20.4 Å². The van der Waals surface area contributed by atoms with Gasteiger partial charge in [-0.25, -0.2) is 4.79 Å². The molecule has 1 heterocycles. The third kappa shape index (κ3) is 9.96. The smallest absolute Gasteiger partial charge is 0.475 e. The molecule has 5 N–H and O–H groups in total. The van der Waals surface area contributed by atoms with Crippen LogP contribution < -0.4 is 16.4 Å². The molecule has 1 aliphatic carbocycles. The second-order valence-electron chi connectivity index (χ2n) is 11.6. The Kier molecular flexibility index (Phi) is 12.8. The van der Waals surface area contributed by atoms with Crippen molar-refractivity contribution in [2.45, 2.75) is 31.5 Å². The van der Waals surface area contributed by atoms with Crippen molar-refractivity contribution in [1.29, 1.82) is 0 Å². The number of alkyl halides is 3. The van der Waals surface area contributed by atoms with Gasteiger partial charge in [0.15, 0.2) is 11.6 Å². The number of nitrogens with one attached hydrogen (secondary N) is 2. The number of halogens is 3. The van der Waals surface area contributed by atoms with Crippen LogP contribution in [-0.2, 0) is 16.0 Å². The number of hydrogen-bond acceptors (Lipinski definition) is 8. The van der Waals surface area contributed by atoms with E-state index in [0.29, 0.717) is 35.2 Å². The maximum Gasteiger partial charge on any atom is 0.490 e. The topological polar surface area (TPSA) is 145 Å². The van der Waals surface area contributed by atoms with Crippen LogP contribution in [0.2, 0.25) is 0 Å². The molecule has 0 spiro atoms. The molecular formula is C35H40F3N5O5. The Labute approximate surface area is 277 Å². The Morgan fingerprint density at radius 2 is 1.29 bits per heavy atom. The van der Waals surface area contributed by atoms with Crippen molar-refractivity contribution in [2.75, 3.05) is 57.7 Å². The first-order valence-electron chi connectivity index (χ1n) is 15.8. The zero-order chi connectivity index (χ0) is 34.7. The molecule has 0 aromatic heterocycles. The average molecular weight is 668 g/mol. The molecule has 1 aliphatic heterocycles. The van der Waals surface area contributed by atoms with Crippen LogP contribution in [0.5, 0.6) is 0 Å². The van der Waals surface area contributed by atoms with Crippen molar-refractivity contribution >= 4 is 29.1 Å². The number of carboxylic acids is 1. The molecule has 2 aliphatic rings. The lowest BCUT2D eigenvalue weighted by atomic mass is 9.83. The maximum atomic E-state index is 13.2. The number of benzene rings is 3. The summed E-state index contributed by atoms with van der Waals surface area (Å²) in [6, 6.07) is 21.8. The lowest BCUT2D eigenvalue weighted by molar-refractivity contribution is -0.192. The Hall–Kier alpha value is -4.59. The van der Waals surface area contributed by atoms with Crippen LogP contribution in [0.15, 0.2) is 72.8 Å². The van der Waals surface area contributed by atoms with Crippen molar-refractivity contribution in [3.05, 3.63) is 101 Å². The van der Waals surface area contributed by atoms with E-state index in [-0.39, 0.29) is 17.5 Å². The number of hydrogen-bond donors (Lipinski definition) is 4. The fraction of sp³-hybridized carbons (Fsp3) is 0.371. The standard InChI is InChI=1S/C33H39N5O3.C2HF3O2/c34-28(23-24-9-2-1-3-10-24)33(41)36-16-8-18-38-21-19-37(20-22-38)17-7-15-35-29-14-6-13-27-30(29)32(40)26-12-5-4-11-25(26)31(27)39;3-2(4,5)1(6)7/h1-6,9-14,28,35H,7-8,15-23,34H2,(H,36,41);(H,6,7)/t28-;/m0./s1. The number of piperazine rings is 1. The molecule has 5 rings (SSSR count). The maximum absolute atomic E-state index is 13.2. The van der Waals surface area contributed by atoms with Crippen molar-refractivity contribution in [1.82, 2.24) is 15.1 Å². The molecule has 3 aromatic carbocycles. The van der Waals surface area contributed by atoms with Gasteiger partial charge in [0.25, 0.3) is 0 Å². The number of amides is 1. The summed E-state index contributed by atoms with van der Waals surface area (Å²) in [5, 5.41) is 13.5.